The van der Waals surface area contributed by atoms with Crippen LogP contribution >= 0.6 is 12.4 Å². The fraction of sp³-hybridized carbons (Fsp3) is 0.435. The number of carboxylic acids is 1. The standard InChI is InChI=1S/C23H24F3N7O4.ClH/c1-13-6-17(37-18-9-23(25,26)10-18)7-16(27-13)8-21(34)28-20-5-4-15(29-31-20)3-2-14(24)11-33-12-19(22(35)36)30-32-33;/h4-7,12,14,18H,2-3,8-11H2,1H3,(H,35,36)(H,28,31,34);1H. The summed E-state index contributed by atoms with van der Waals surface area (Å²) in [5.41, 5.74) is 1.26. The summed E-state index contributed by atoms with van der Waals surface area (Å²) in [5.74, 6) is -3.74. The van der Waals surface area contributed by atoms with Gasteiger partial charge in [0.15, 0.2) is 11.5 Å². The molecule has 1 aliphatic carbocycles. The first kappa shape index (κ1) is 28.8. The van der Waals surface area contributed by atoms with Gasteiger partial charge in [0.25, 0.3) is 5.92 Å². The Morgan fingerprint density at radius 3 is 2.61 bits per heavy atom. The zero-order valence-electron chi connectivity index (χ0n) is 20.2. The van der Waals surface area contributed by atoms with Crippen LogP contribution in [0.2, 0.25) is 0 Å². The molecule has 1 unspecified atom stereocenters. The van der Waals surface area contributed by atoms with Crippen LogP contribution in [0.5, 0.6) is 5.75 Å². The van der Waals surface area contributed by atoms with Gasteiger partial charge in [-0.2, -0.15) is 5.10 Å². The van der Waals surface area contributed by atoms with E-state index in [1.165, 1.54) is 0 Å². The molecule has 4 rings (SSSR count). The lowest BCUT2D eigenvalue weighted by atomic mass is 9.91. The van der Waals surface area contributed by atoms with Crippen LogP contribution in [-0.2, 0) is 24.2 Å². The zero-order valence-corrected chi connectivity index (χ0v) is 21.0. The Balaban J connectivity index is 0.00000400. The molecular formula is C23H25ClF3N7O4. The summed E-state index contributed by atoms with van der Waals surface area (Å²) in [6.07, 6.45) is -1.09. The lowest BCUT2D eigenvalue weighted by molar-refractivity contribution is -0.134. The first-order valence-corrected chi connectivity index (χ1v) is 11.5. The molecule has 1 atom stereocenters. The minimum atomic E-state index is -2.69. The van der Waals surface area contributed by atoms with Gasteiger partial charge in [0.2, 0.25) is 5.91 Å². The van der Waals surface area contributed by atoms with E-state index in [2.05, 4.69) is 30.8 Å². The maximum atomic E-state index is 14.2. The quantitative estimate of drug-likeness (QED) is 0.364. The van der Waals surface area contributed by atoms with Gasteiger partial charge in [-0.1, -0.05) is 5.21 Å². The van der Waals surface area contributed by atoms with Gasteiger partial charge >= 0.3 is 5.97 Å². The molecule has 3 heterocycles. The molecule has 0 saturated heterocycles. The normalized spacial score (nSPS) is 15.2. The Labute approximate surface area is 221 Å². The summed E-state index contributed by atoms with van der Waals surface area (Å²) in [7, 11) is 0. The van der Waals surface area contributed by atoms with Crippen molar-refractivity contribution in [3.05, 3.63) is 53.2 Å². The molecule has 11 nitrogen and oxygen atoms in total. The van der Waals surface area contributed by atoms with Crippen LogP contribution in [0.1, 0.15) is 46.8 Å². The number of carbonyl (C=O) groups is 2. The van der Waals surface area contributed by atoms with Gasteiger partial charge < -0.3 is 15.2 Å². The van der Waals surface area contributed by atoms with Gasteiger partial charge in [-0.15, -0.1) is 22.6 Å². The molecule has 1 aliphatic rings. The molecule has 0 spiro atoms. The van der Waals surface area contributed by atoms with Crippen molar-refractivity contribution in [2.45, 2.75) is 63.8 Å². The molecular weight excluding hydrogens is 531 g/mol. The number of hydrogen-bond acceptors (Lipinski definition) is 8. The van der Waals surface area contributed by atoms with E-state index in [1.54, 1.807) is 31.2 Å². The van der Waals surface area contributed by atoms with Crippen LogP contribution in [0.4, 0.5) is 19.0 Å². The highest BCUT2D eigenvalue weighted by Crippen LogP contribution is 2.39. The number of pyridine rings is 1. The summed E-state index contributed by atoms with van der Waals surface area (Å²) in [4.78, 5) is 27.5. The van der Waals surface area contributed by atoms with Crippen molar-refractivity contribution < 1.29 is 32.6 Å². The van der Waals surface area contributed by atoms with E-state index in [1.807, 2.05) is 0 Å². The van der Waals surface area contributed by atoms with Gasteiger partial charge in [-0.3, -0.25) is 9.78 Å². The molecule has 1 saturated carbocycles. The number of rotatable bonds is 11. The second-order valence-electron chi connectivity index (χ2n) is 8.84. The van der Waals surface area contributed by atoms with Gasteiger partial charge in [-0.05, 0) is 31.9 Å². The molecule has 0 aromatic carbocycles. The van der Waals surface area contributed by atoms with E-state index >= 15 is 0 Å². The number of halogens is 4. The van der Waals surface area contributed by atoms with Crippen LogP contribution in [0.3, 0.4) is 0 Å². The number of alkyl halides is 3. The summed E-state index contributed by atoms with van der Waals surface area (Å²) in [6.45, 7) is 1.57. The molecule has 3 aromatic rings. The number of anilines is 1. The average Bonchev–Trinajstić information content (AvgIpc) is 3.26. The highest BCUT2D eigenvalue weighted by Gasteiger charge is 2.47. The van der Waals surface area contributed by atoms with Gasteiger partial charge in [0.1, 0.15) is 18.0 Å². The average molecular weight is 556 g/mol. The van der Waals surface area contributed by atoms with E-state index in [4.69, 9.17) is 9.84 Å². The monoisotopic (exact) mass is 555 g/mol. The fourth-order valence-corrected chi connectivity index (χ4v) is 3.74. The lowest BCUT2D eigenvalue weighted by Gasteiger charge is -2.34. The molecule has 0 radical (unpaired) electrons. The molecule has 1 amide bonds. The Morgan fingerprint density at radius 2 is 1.97 bits per heavy atom. The van der Waals surface area contributed by atoms with Crippen LogP contribution in [0.25, 0.3) is 0 Å². The van der Waals surface area contributed by atoms with Crippen molar-refractivity contribution in [2.75, 3.05) is 5.32 Å². The second kappa shape index (κ2) is 12.2. The number of aromatic nitrogens is 6. The maximum Gasteiger partial charge on any atom is 0.358 e. The highest BCUT2D eigenvalue weighted by atomic mass is 35.5. The highest BCUT2D eigenvalue weighted by molar-refractivity contribution is 5.91. The first-order chi connectivity index (χ1) is 17.5. The number of amides is 1. The fourth-order valence-electron chi connectivity index (χ4n) is 3.74. The zero-order chi connectivity index (χ0) is 26.6. The number of aromatic carboxylic acids is 1. The van der Waals surface area contributed by atoms with Crippen molar-refractivity contribution >= 4 is 30.1 Å². The van der Waals surface area contributed by atoms with Gasteiger partial charge in [0, 0.05) is 30.7 Å². The third kappa shape index (κ3) is 8.10. The Bertz CT molecular complexity index is 1270. The van der Waals surface area contributed by atoms with Gasteiger partial charge in [-0.25, -0.2) is 22.6 Å². The molecule has 15 heteroatoms. The minimum Gasteiger partial charge on any atom is -0.490 e. The Morgan fingerprint density at radius 1 is 1.21 bits per heavy atom. The first-order valence-electron chi connectivity index (χ1n) is 11.5. The Kier molecular flexibility index (Phi) is 9.20. The third-order valence-corrected chi connectivity index (χ3v) is 5.52. The third-order valence-electron chi connectivity index (χ3n) is 5.52. The molecule has 204 valence electrons. The predicted octanol–water partition coefficient (Wildman–Crippen LogP) is 3.22. The topological polar surface area (TPSA) is 145 Å². The van der Waals surface area contributed by atoms with E-state index in [-0.39, 0.29) is 62.6 Å². The summed E-state index contributed by atoms with van der Waals surface area (Å²) >= 11 is 0. The molecule has 2 N–H and O–H groups in total. The molecule has 3 aromatic heterocycles. The van der Waals surface area contributed by atoms with E-state index in [9.17, 15) is 22.8 Å². The van der Waals surface area contributed by atoms with Crippen molar-refractivity contribution in [3.8, 4) is 5.75 Å². The van der Waals surface area contributed by atoms with Crippen LogP contribution in [-0.4, -0.2) is 65.4 Å². The van der Waals surface area contributed by atoms with Crippen LogP contribution < -0.4 is 10.1 Å². The molecule has 1 fully saturated rings. The summed E-state index contributed by atoms with van der Waals surface area (Å²) < 4.78 is 47.0. The number of hydrogen-bond donors (Lipinski definition) is 2. The number of ether oxygens (including phenoxy) is 1. The van der Waals surface area contributed by atoms with Crippen LogP contribution in [0.15, 0.2) is 30.5 Å². The Hall–Kier alpha value is -3.81. The second-order valence-corrected chi connectivity index (χ2v) is 8.84. The number of aryl methyl sites for hydroxylation is 2. The SMILES string of the molecule is Cc1cc(OC2CC(F)(F)C2)cc(CC(=O)Nc2ccc(CCC(F)Cn3cc(C(=O)O)nn3)nn2)n1.Cl. The van der Waals surface area contributed by atoms with Crippen molar-refractivity contribution in [1.29, 1.82) is 0 Å². The number of carboxylic acid groups (broad SMARTS) is 1. The maximum absolute atomic E-state index is 14.2. The number of carbonyl (C=O) groups excluding carboxylic acids is 1. The van der Waals surface area contributed by atoms with Crippen molar-refractivity contribution in [3.63, 3.8) is 0 Å². The molecule has 0 bridgehead atoms. The van der Waals surface area contributed by atoms with Crippen molar-refractivity contribution in [1.82, 2.24) is 30.2 Å². The number of nitrogens with one attached hydrogen (secondary N) is 1. The largest absolute Gasteiger partial charge is 0.490 e. The van der Waals surface area contributed by atoms with Crippen molar-refractivity contribution in [2.24, 2.45) is 0 Å². The molecule has 38 heavy (non-hydrogen) atoms. The minimum absolute atomic E-state index is 0. The van der Waals surface area contributed by atoms with E-state index in [0.717, 1.165) is 10.9 Å². The van der Waals surface area contributed by atoms with Crippen LogP contribution in [0, 0.1) is 6.92 Å². The molecule has 0 aliphatic heterocycles. The summed E-state index contributed by atoms with van der Waals surface area (Å²) in [6, 6.07) is 6.33. The van der Waals surface area contributed by atoms with Gasteiger partial charge in [0.05, 0.1) is 30.6 Å². The summed E-state index contributed by atoms with van der Waals surface area (Å²) in [5, 5.41) is 26.4. The predicted molar refractivity (Wildman–Crippen MR) is 129 cm³/mol. The smallest absolute Gasteiger partial charge is 0.358 e. The van der Waals surface area contributed by atoms with E-state index in [0.29, 0.717) is 22.8 Å². The van der Waals surface area contributed by atoms with E-state index < -0.39 is 30.1 Å². The lowest BCUT2D eigenvalue weighted by Crippen LogP contribution is -2.43. The number of nitrogens with zero attached hydrogens (tertiary/aromatic N) is 6.